The van der Waals surface area contributed by atoms with E-state index in [1.807, 2.05) is 12.3 Å². The van der Waals surface area contributed by atoms with Crippen LogP contribution < -0.4 is 5.32 Å². The lowest BCUT2D eigenvalue weighted by Gasteiger charge is -2.12. The second kappa shape index (κ2) is 6.48. The predicted molar refractivity (Wildman–Crippen MR) is 83.1 cm³/mol. The number of pyridine rings is 1. The van der Waals surface area contributed by atoms with Gasteiger partial charge in [-0.3, -0.25) is 4.98 Å². The Kier molecular flexibility index (Phi) is 4.69. The van der Waals surface area contributed by atoms with Gasteiger partial charge in [0.1, 0.15) is 0 Å². The van der Waals surface area contributed by atoms with Crippen LogP contribution in [0.4, 0.5) is 0 Å². The Morgan fingerprint density at radius 2 is 2.16 bits per heavy atom. The second-order valence-electron chi connectivity index (χ2n) is 5.11. The summed E-state index contributed by atoms with van der Waals surface area (Å²) in [6.07, 6.45) is 4.13. The third-order valence-electron chi connectivity index (χ3n) is 3.30. The topological polar surface area (TPSA) is 24.9 Å². The molecule has 2 heteroatoms. The lowest BCUT2D eigenvalue weighted by molar-refractivity contribution is 0.682. The van der Waals surface area contributed by atoms with Crippen molar-refractivity contribution < 1.29 is 0 Å². The van der Waals surface area contributed by atoms with E-state index in [4.69, 9.17) is 0 Å². The highest BCUT2D eigenvalue weighted by atomic mass is 14.8. The molecule has 0 unspecified atom stereocenters. The standard InChI is InChI=1S/C17H22N2/c1-4-18-12-16(13(2)3)11-14-7-8-17-15(10-14)6-5-9-19-17/h5-11,13,18H,4,12H2,1-3H3. The van der Waals surface area contributed by atoms with Crippen molar-refractivity contribution in [3.05, 3.63) is 47.7 Å². The molecule has 2 nitrogen and oxygen atoms in total. The summed E-state index contributed by atoms with van der Waals surface area (Å²) in [6.45, 7) is 8.59. The van der Waals surface area contributed by atoms with Crippen LogP contribution in [-0.2, 0) is 0 Å². The first-order chi connectivity index (χ1) is 9.20. The fourth-order valence-electron chi connectivity index (χ4n) is 2.09. The summed E-state index contributed by atoms with van der Waals surface area (Å²) in [5, 5.41) is 4.60. The van der Waals surface area contributed by atoms with Crippen molar-refractivity contribution in [3.63, 3.8) is 0 Å². The molecule has 1 heterocycles. The monoisotopic (exact) mass is 254 g/mol. The Labute approximate surface area is 115 Å². The molecular formula is C17H22N2. The molecule has 1 aromatic carbocycles. The largest absolute Gasteiger partial charge is 0.313 e. The summed E-state index contributed by atoms with van der Waals surface area (Å²) in [6, 6.07) is 10.5. The first kappa shape index (κ1) is 13.8. The summed E-state index contributed by atoms with van der Waals surface area (Å²) < 4.78 is 0. The van der Waals surface area contributed by atoms with E-state index in [1.165, 1.54) is 16.5 Å². The predicted octanol–water partition coefficient (Wildman–Crippen LogP) is 3.88. The second-order valence-corrected chi connectivity index (χ2v) is 5.11. The highest BCUT2D eigenvalue weighted by molar-refractivity contribution is 5.81. The Hall–Kier alpha value is -1.67. The Morgan fingerprint density at radius 1 is 1.32 bits per heavy atom. The molecule has 0 radical (unpaired) electrons. The van der Waals surface area contributed by atoms with Gasteiger partial charge >= 0.3 is 0 Å². The van der Waals surface area contributed by atoms with Crippen molar-refractivity contribution in [3.8, 4) is 0 Å². The lowest BCUT2D eigenvalue weighted by Crippen LogP contribution is -2.18. The first-order valence-corrected chi connectivity index (χ1v) is 6.96. The van der Waals surface area contributed by atoms with E-state index in [0.717, 1.165) is 18.6 Å². The first-order valence-electron chi connectivity index (χ1n) is 6.96. The van der Waals surface area contributed by atoms with Crippen molar-refractivity contribution in [2.24, 2.45) is 5.92 Å². The third kappa shape index (κ3) is 3.65. The molecule has 0 amide bonds. The number of nitrogens with one attached hydrogen (secondary N) is 1. The van der Waals surface area contributed by atoms with Gasteiger partial charge in [-0.05, 0) is 36.2 Å². The van der Waals surface area contributed by atoms with E-state index >= 15 is 0 Å². The van der Waals surface area contributed by atoms with Crippen molar-refractivity contribution in [2.45, 2.75) is 20.8 Å². The molecule has 100 valence electrons. The minimum atomic E-state index is 0.559. The molecule has 0 aliphatic heterocycles. The van der Waals surface area contributed by atoms with E-state index in [-0.39, 0.29) is 0 Å². The van der Waals surface area contributed by atoms with E-state index < -0.39 is 0 Å². The quantitative estimate of drug-likeness (QED) is 0.875. The van der Waals surface area contributed by atoms with Gasteiger partial charge in [-0.2, -0.15) is 0 Å². The van der Waals surface area contributed by atoms with Crippen LogP contribution in [-0.4, -0.2) is 18.1 Å². The van der Waals surface area contributed by atoms with Gasteiger partial charge in [0, 0.05) is 18.1 Å². The molecule has 19 heavy (non-hydrogen) atoms. The molecule has 2 rings (SSSR count). The zero-order valence-corrected chi connectivity index (χ0v) is 12.0. The van der Waals surface area contributed by atoms with Crippen LogP contribution >= 0.6 is 0 Å². The third-order valence-corrected chi connectivity index (χ3v) is 3.30. The zero-order valence-electron chi connectivity index (χ0n) is 12.0. The van der Waals surface area contributed by atoms with Gasteiger partial charge in [-0.15, -0.1) is 0 Å². The number of nitrogens with zero attached hydrogens (tertiary/aromatic N) is 1. The molecule has 0 saturated carbocycles. The maximum absolute atomic E-state index is 4.35. The molecule has 0 bridgehead atoms. The van der Waals surface area contributed by atoms with Crippen molar-refractivity contribution in [2.75, 3.05) is 13.1 Å². The molecule has 0 saturated heterocycles. The Morgan fingerprint density at radius 3 is 2.89 bits per heavy atom. The maximum atomic E-state index is 4.35. The number of likely N-dealkylation sites (N-methyl/N-ethyl adjacent to an activating group) is 1. The molecule has 1 N–H and O–H groups in total. The molecular weight excluding hydrogens is 232 g/mol. The molecule has 2 aromatic rings. The van der Waals surface area contributed by atoms with Crippen molar-refractivity contribution in [1.82, 2.24) is 10.3 Å². The van der Waals surface area contributed by atoms with E-state index in [9.17, 15) is 0 Å². The highest BCUT2D eigenvalue weighted by Crippen LogP contribution is 2.18. The smallest absolute Gasteiger partial charge is 0.0702 e. The van der Waals surface area contributed by atoms with Crippen molar-refractivity contribution >= 4 is 17.0 Å². The average molecular weight is 254 g/mol. The van der Waals surface area contributed by atoms with Gasteiger partial charge in [0.2, 0.25) is 0 Å². The Balaban J connectivity index is 2.31. The van der Waals surface area contributed by atoms with Gasteiger partial charge in [0.25, 0.3) is 0 Å². The number of hydrogen-bond donors (Lipinski definition) is 1. The number of benzene rings is 1. The molecule has 0 atom stereocenters. The van der Waals surface area contributed by atoms with Gasteiger partial charge in [0.05, 0.1) is 5.52 Å². The summed E-state index contributed by atoms with van der Waals surface area (Å²) in [7, 11) is 0. The van der Waals surface area contributed by atoms with E-state index in [1.54, 1.807) is 0 Å². The molecule has 0 aliphatic rings. The summed E-state index contributed by atoms with van der Waals surface area (Å²) in [5.41, 5.74) is 3.74. The number of rotatable bonds is 5. The Bertz CT molecular complexity index is 570. The van der Waals surface area contributed by atoms with Crippen LogP contribution in [0.25, 0.3) is 17.0 Å². The summed E-state index contributed by atoms with van der Waals surface area (Å²) in [4.78, 5) is 4.35. The average Bonchev–Trinajstić information content (AvgIpc) is 2.43. The fraction of sp³-hybridized carbons (Fsp3) is 0.353. The minimum absolute atomic E-state index is 0.559. The van der Waals surface area contributed by atoms with Gasteiger partial charge < -0.3 is 5.32 Å². The summed E-state index contributed by atoms with van der Waals surface area (Å²) >= 11 is 0. The van der Waals surface area contributed by atoms with Gasteiger partial charge in [-0.25, -0.2) is 0 Å². The zero-order chi connectivity index (χ0) is 13.7. The molecule has 0 fully saturated rings. The van der Waals surface area contributed by atoms with Gasteiger partial charge in [0.15, 0.2) is 0 Å². The van der Waals surface area contributed by atoms with E-state index in [0.29, 0.717) is 5.92 Å². The molecule has 0 aliphatic carbocycles. The fourth-order valence-corrected chi connectivity index (χ4v) is 2.09. The van der Waals surface area contributed by atoms with E-state index in [2.05, 4.69) is 61.4 Å². The highest BCUT2D eigenvalue weighted by Gasteiger charge is 2.03. The van der Waals surface area contributed by atoms with Crippen LogP contribution in [0.2, 0.25) is 0 Å². The minimum Gasteiger partial charge on any atom is -0.313 e. The van der Waals surface area contributed by atoms with Crippen LogP contribution in [0.15, 0.2) is 42.1 Å². The van der Waals surface area contributed by atoms with Crippen LogP contribution in [0, 0.1) is 5.92 Å². The number of fused-ring (bicyclic) bond motifs is 1. The number of hydrogen-bond acceptors (Lipinski definition) is 2. The normalized spacial score (nSPS) is 12.3. The van der Waals surface area contributed by atoms with Crippen LogP contribution in [0.3, 0.4) is 0 Å². The lowest BCUT2D eigenvalue weighted by atomic mass is 9.99. The molecule has 0 spiro atoms. The number of aromatic nitrogens is 1. The SMILES string of the molecule is CCNCC(=Cc1ccc2ncccc2c1)C(C)C. The van der Waals surface area contributed by atoms with Crippen LogP contribution in [0.1, 0.15) is 26.3 Å². The van der Waals surface area contributed by atoms with Gasteiger partial charge in [-0.1, -0.05) is 44.6 Å². The summed E-state index contributed by atoms with van der Waals surface area (Å²) in [5.74, 6) is 0.559. The van der Waals surface area contributed by atoms with Crippen LogP contribution in [0.5, 0.6) is 0 Å². The maximum Gasteiger partial charge on any atom is 0.0702 e. The van der Waals surface area contributed by atoms with Crippen molar-refractivity contribution in [1.29, 1.82) is 0 Å². The molecule has 1 aromatic heterocycles.